The van der Waals surface area contributed by atoms with Gasteiger partial charge in [-0.1, -0.05) is 0 Å². The summed E-state index contributed by atoms with van der Waals surface area (Å²) < 4.78 is 5.20. The topological polar surface area (TPSA) is 67.0 Å². The van der Waals surface area contributed by atoms with Crippen LogP contribution in [0.5, 0.6) is 0 Å². The summed E-state index contributed by atoms with van der Waals surface area (Å²) in [5, 5.41) is 9.78. The lowest BCUT2D eigenvalue weighted by Gasteiger charge is -2.11. The molecule has 5 heteroatoms. The van der Waals surface area contributed by atoms with Crippen LogP contribution in [0.4, 0.5) is 0 Å². The maximum absolute atomic E-state index is 11.6. The molecule has 1 amide bonds. The molecular weight excluding hydrogens is 206 g/mol. The van der Waals surface area contributed by atoms with Gasteiger partial charge in [0.05, 0.1) is 5.69 Å². The predicted octanol–water partition coefficient (Wildman–Crippen LogP) is 1.07. The fourth-order valence-electron chi connectivity index (χ4n) is 1.48. The first-order chi connectivity index (χ1) is 7.56. The Balaban J connectivity index is 2.49. The Kier molecular flexibility index (Phi) is 4.49. The minimum atomic E-state index is -0.405. The Morgan fingerprint density at radius 1 is 1.56 bits per heavy atom. The van der Waals surface area contributed by atoms with E-state index in [1.165, 1.54) is 0 Å². The summed E-state index contributed by atoms with van der Waals surface area (Å²) in [6, 6.07) is 0. The lowest BCUT2D eigenvalue weighted by Crippen LogP contribution is -2.34. The average molecular weight is 225 g/mol. The average Bonchev–Trinajstić information content (AvgIpc) is 2.56. The molecule has 0 fully saturated rings. The van der Waals surface area contributed by atoms with Gasteiger partial charge in [0.25, 0.3) is 0 Å². The van der Waals surface area contributed by atoms with E-state index in [2.05, 4.69) is 15.5 Å². The molecule has 1 heterocycles. The first-order valence-electron chi connectivity index (χ1n) is 5.46. The minimum Gasteiger partial charge on any atom is -0.369 e. The van der Waals surface area contributed by atoms with Gasteiger partial charge in [0, 0.05) is 24.4 Å². The van der Waals surface area contributed by atoms with E-state index in [1.807, 2.05) is 20.8 Å². The molecule has 5 nitrogen and oxygen atoms in total. The van der Waals surface area contributed by atoms with Crippen molar-refractivity contribution >= 4 is 5.91 Å². The van der Waals surface area contributed by atoms with Crippen LogP contribution in [0, 0.1) is 13.8 Å². The quantitative estimate of drug-likeness (QED) is 0.787. The van der Waals surface area contributed by atoms with Crippen LogP contribution >= 0.6 is 0 Å². The monoisotopic (exact) mass is 225 g/mol. The number of aryl methyl sites for hydroxylation is 2. The summed E-state index contributed by atoms with van der Waals surface area (Å²) >= 11 is 0. The third kappa shape index (κ3) is 3.06. The van der Waals surface area contributed by atoms with Gasteiger partial charge in [-0.05, 0) is 27.7 Å². The van der Waals surface area contributed by atoms with Crippen LogP contribution in [0.15, 0.2) is 0 Å². The molecule has 0 aliphatic rings. The lowest BCUT2D eigenvalue weighted by molar-refractivity contribution is -0.131. The van der Waals surface area contributed by atoms with Crippen molar-refractivity contribution in [1.82, 2.24) is 15.5 Å². The van der Waals surface area contributed by atoms with Gasteiger partial charge in [-0.15, -0.1) is 0 Å². The molecule has 1 aromatic rings. The number of hydrogen-bond donors (Lipinski definition) is 2. The Labute approximate surface area is 95.6 Å². The van der Waals surface area contributed by atoms with Crippen molar-refractivity contribution in [3.05, 3.63) is 17.0 Å². The van der Waals surface area contributed by atoms with E-state index in [4.69, 9.17) is 4.74 Å². The molecule has 1 aromatic heterocycles. The highest BCUT2D eigenvalue weighted by Gasteiger charge is 2.13. The van der Waals surface area contributed by atoms with Crippen molar-refractivity contribution in [2.75, 3.05) is 6.61 Å². The number of aromatic nitrogens is 2. The van der Waals surface area contributed by atoms with Crippen molar-refractivity contribution in [1.29, 1.82) is 0 Å². The SMILES string of the molecule is CCOC(C)C(=O)NCc1c(C)n[nH]c1C. The van der Waals surface area contributed by atoms with Crippen molar-refractivity contribution < 1.29 is 9.53 Å². The third-order valence-corrected chi connectivity index (χ3v) is 2.51. The zero-order chi connectivity index (χ0) is 12.1. The Morgan fingerprint density at radius 2 is 2.25 bits per heavy atom. The van der Waals surface area contributed by atoms with Crippen molar-refractivity contribution in [3.63, 3.8) is 0 Å². The molecule has 90 valence electrons. The highest BCUT2D eigenvalue weighted by atomic mass is 16.5. The summed E-state index contributed by atoms with van der Waals surface area (Å²) in [6.45, 7) is 8.50. The summed E-state index contributed by atoms with van der Waals surface area (Å²) in [7, 11) is 0. The van der Waals surface area contributed by atoms with Gasteiger partial charge in [0.1, 0.15) is 6.10 Å². The van der Waals surface area contributed by atoms with E-state index in [1.54, 1.807) is 6.92 Å². The molecule has 0 saturated carbocycles. The third-order valence-electron chi connectivity index (χ3n) is 2.51. The van der Waals surface area contributed by atoms with Crippen LogP contribution in [0.1, 0.15) is 30.8 Å². The molecule has 2 N–H and O–H groups in total. The molecule has 0 saturated heterocycles. The number of rotatable bonds is 5. The Bertz CT molecular complexity index is 341. The molecule has 16 heavy (non-hydrogen) atoms. The molecule has 1 atom stereocenters. The molecule has 1 unspecified atom stereocenters. The van der Waals surface area contributed by atoms with E-state index in [9.17, 15) is 4.79 Å². The Hall–Kier alpha value is -1.36. The standard InChI is InChI=1S/C11H19N3O2/c1-5-16-9(4)11(15)12-6-10-7(2)13-14-8(10)3/h9H,5-6H2,1-4H3,(H,12,15)(H,13,14). The first kappa shape index (κ1) is 12.7. The second-order valence-corrected chi connectivity index (χ2v) is 3.73. The van der Waals surface area contributed by atoms with Gasteiger partial charge >= 0.3 is 0 Å². The summed E-state index contributed by atoms with van der Waals surface area (Å²) in [5.74, 6) is -0.0955. The maximum atomic E-state index is 11.6. The van der Waals surface area contributed by atoms with E-state index in [0.717, 1.165) is 17.0 Å². The fourth-order valence-corrected chi connectivity index (χ4v) is 1.48. The molecule has 0 radical (unpaired) electrons. The number of amides is 1. The molecule has 0 aliphatic carbocycles. The Morgan fingerprint density at radius 3 is 2.75 bits per heavy atom. The van der Waals surface area contributed by atoms with Gasteiger partial charge in [-0.25, -0.2) is 0 Å². The van der Waals surface area contributed by atoms with Crippen LogP contribution in [0.25, 0.3) is 0 Å². The van der Waals surface area contributed by atoms with E-state index in [-0.39, 0.29) is 5.91 Å². The minimum absolute atomic E-state index is 0.0955. The highest BCUT2D eigenvalue weighted by molar-refractivity contribution is 5.80. The van der Waals surface area contributed by atoms with Crippen molar-refractivity contribution in [2.45, 2.75) is 40.3 Å². The van der Waals surface area contributed by atoms with E-state index >= 15 is 0 Å². The molecular formula is C11H19N3O2. The summed E-state index contributed by atoms with van der Waals surface area (Å²) in [4.78, 5) is 11.6. The van der Waals surface area contributed by atoms with Gasteiger partial charge in [0.2, 0.25) is 5.91 Å². The maximum Gasteiger partial charge on any atom is 0.249 e. The highest BCUT2D eigenvalue weighted by Crippen LogP contribution is 2.08. The number of nitrogens with zero attached hydrogens (tertiary/aromatic N) is 1. The lowest BCUT2D eigenvalue weighted by atomic mass is 10.2. The molecule has 0 spiro atoms. The van der Waals surface area contributed by atoms with E-state index < -0.39 is 6.10 Å². The smallest absolute Gasteiger partial charge is 0.249 e. The van der Waals surface area contributed by atoms with Gasteiger partial charge in [-0.2, -0.15) is 5.10 Å². The number of hydrogen-bond acceptors (Lipinski definition) is 3. The summed E-state index contributed by atoms with van der Waals surface area (Å²) in [6.07, 6.45) is -0.405. The zero-order valence-electron chi connectivity index (χ0n) is 10.3. The number of ether oxygens (including phenoxy) is 1. The molecule has 0 bridgehead atoms. The normalized spacial score (nSPS) is 12.5. The van der Waals surface area contributed by atoms with Crippen LogP contribution in [-0.2, 0) is 16.1 Å². The van der Waals surface area contributed by atoms with Gasteiger partial charge in [-0.3, -0.25) is 9.89 Å². The number of aromatic amines is 1. The molecule has 1 rings (SSSR count). The van der Waals surface area contributed by atoms with Gasteiger partial charge in [0.15, 0.2) is 0 Å². The first-order valence-corrected chi connectivity index (χ1v) is 5.46. The summed E-state index contributed by atoms with van der Waals surface area (Å²) in [5.41, 5.74) is 2.95. The van der Waals surface area contributed by atoms with Crippen molar-refractivity contribution in [2.24, 2.45) is 0 Å². The molecule has 0 aliphatic heterocycles. The molecule has 0 aromatic carbocycles. The number of carbonyl (C=O) groups is 1. The van der Waals surface area contributed by atoms with Crippen LogP contribution in [0.3, 0.4) is 0 Å². The number of nitrogens with one attached hydrogen (secondary N) is 2. The fraction of sp³-hybridized carbons (Fsp3) is 0.636. The van der Waals surface area contributed by atoms with Crippen LogP contribution < -0.4 is 5.32 Å². The van der Waals surface area contributed by atoms with Crippen molar-refractivity contribution in [3.8, 4) is 0 Å². The second-order valence-electron chi connectivity index (χ2n) is 3.73. The van der Waals surface area contributed by atoms with E-state index in [0.29, 0.717) is 13.2 Å². The number of H-pyrrole nitrogens is 1. The van der Waals surface area contributed by atoms with Gasteiger partial charge < -0.3 is 10.1 Å². The van der Waals surface area contributed by atoms with Crippen LogP contribution in [-0.4, -0.2) is 28.8 Å². The largest absolute Gasteiger partial charge is 0.369 e. The zero-order valence-corrected chi connectivity index (χ0v) is 10.3. The van der Waals surface area contributed by atoms with Crippen LogP contribution in [0.2, 0.25) is 0 Å². The second kappa shape index (κ2) is 5.65. The number of carbonyl (C=O) groups excluding carboxylic acids is 1. The predicted molar refractivity (Wildman–Crippen MR) is 61.0 cm³/mol.